The van der Waals surface area contributed by atoms with Gasteiger partial charge in [-0.1, -0.05) is 18.1 Å². The molecule has 3 N–H and O–H groups in total. The van der Waals surface area contributed by atoms with Crippen LogP contribution in [0.1, 0.15) is 12.5 Å². The highest BCUT2D eigenvalue weighted by Gasteiger charge is 2.02. The Labute approximate surface area is 105 Å². The first kappa shape index (κ1) is 13.6. The molecule has 94 valence electrons. The Balaban J connectivity index is 2.49. The molecule has 0 aliphatic carbocycles. The van der Waals surface area contributed by atoms with Crippen LogP contribution in [0.3, 0.4) is 0 Å². The van der Waals surface area contributed by atoms with Crippen LogP contribution < -0.4 is 10.6 Å². The molecule has 0 unspecified atom stereocenters. The Morgan fingerprint density at radius 1 is 1.28 bits per heavy atom. The standard InChI is InChI=1S/C13H14N2O3/c1-2-3-8-14-13(18)15-11-6-4-10(5-7-11)9-12(16)17/h4-7H,8-9H2,1H3,(H,16,17)(H2,14,15,18). The number of amides is 2. The maximum absolute atomic E-state index is 11.4. The Bertz CT molecular complexity index is 483. The molecule has 0 aliphatic heterocycles. The molecule has 5 nitrogen and oxygen atoms in total. The van der Waals surface area contributed by atoms with Gasteiger partial charge in [0.2, 0.25) is 0 Å². The van der Waals surface area contributed by atoms with Gasteiger partial charge in [0.15, 0.2) is 0 Å². The summed E-state index contributed by atoms with van der Waals surface area (Å²) in [4.78, 5) is 21.9. The summed E-state index contributed by atoms with van der Waals surface area (Å²) in [5.41, 5.74) is 1.29. The van der Waals surface area contributed by atoms with E-state index in [1.165, 1.54) is 0 Å². The van der Waals surface area contributed by atoms with E-state index in [0.717, 1.165) is 0 Å². The summed E-state index contributed by atoms with van der Waals surface area (Å²) in [6.07, 6.45) is -0.0292. The monoisotopic (exact) mass is 246 g/mol. The highest BCUT2D eigenvalue weighted by molar-refractivity contribution is 5.89. The highest BCUT2D eigenvalue weighted by atomic mass is 16.4. The lowest BCUT2D eigenvalue weighted by Crippen LogP contribution is -2.28. The SMILES string of the molecule is CC#CCNC(=O)Nc1ccc(CC(=O)O)cc1. The predicted molar refractivity (Wildman–Crippen MR) is 68.3 cm³/mol. The van der Waals surface area contributed by atoms with Crippen LogP contribution in [0, 0.1) is 11.8 Å². The molecule has 0 aromatic heterocycles. The first-order valence-corrected chi connectivity index (χ1v) is 5.37. The van der Waals surface area contributed by atoms with Crippen molar-refractivity contribution in [1.29, 1.82) is 0 Å². The molecule has 1 rings (SSSR count). The van der Waals surface area contributed by atoms with Gasteiger partial charge in [0.1, 0.15) is 0 Å². The van der Waals surface area contributed by atoms with Crippen molar-refractivity contribution in [3.63, 3.8) is 0 Å². The fourth-order valence-corrected chi connectivity index (χ4v) is 1.27. The number of benzene rings is 1. The average molecular weight is 246 g/mol. The Hall–Kier alpha value is -2.48. The van der Waals surface area contributed by atoms with Crippen molar-refractivity contribution < 1.29 is 14.7 Å². The third-order valence-electron chi connectivity index (χ3n) is 2.08. The maximum atomic E-state index is 11.4. The zero-order valence-corrected chi connectivity index (χ0v) is 9.99. The number of carbonyl (C=O) groups excluding carboxylic acids is 1. The molecule has 2 amide bonds. The van der Waals surface area contributed by atoms with Crippen LogP contribution in [-0.4, -0.2) is 23.7 Å². The molecule has 18 heavy (non-hydrogen) atoms. The van der Waals surface area contributed by atoms with Gasteiger partial charge in [0.05, 0.1) is 13.0 Å². The average Bonchev–Trinajstić information content (AvgIpc) is 2.31. The van der Waals surface area contributed by atoms with Gasteiger partial charge in [-0.3, -0.25) is 4.79 Å². The second-order valence-electron chi connectivity index (χ2n) is 3.50. The number of carboxylic acid groups (broad SMARTS) is 1. The molecule has 0 bridgehead atoms. The van der Waals surface area contributed by atoms with Gasteiger partial charge in [-0.2, -0.15) is 0 Å². The van der Waals surface area contributed by atoms with E-state index >= 15 is 0 Å². The number of carbonyl (C=O) groups is 2. The van der Waals surface area contributed by atoms with Crippen LogP contribution >= 0.6 is 0 Å². The van der Waals surface area contributed by atoms with Crippen molar-refractivity contribution in [2.45, 2.75) is 13.3 Å². The lowest BCUT2D eigenvalue weighted by atomic mass is 10.1. The Morgan fingerprint density at radius 2 is 1.94 bits per heavy atom. The molecule has 0 aliphatic rings. The van der Waals surface area contributed by atoms with E-state index in [2.05, 4.69) is 22.5 Å². The second-order valence-corrected chi connectivity index (χ2v) is 3.50. The quantitative estimate of drug-likeness (QED) is 0.704. The van der Waals surface area contributed by atoms with Crippen LogP contribution in [0.15, 0.2) is 24.3 Å². The summed E-state index contributed by atoms with van der Waals surface area (Å²) < 4.78 is 0. The van der Waals surface area contributed by atoms with Crippen molar-refractivity contribution in [3.05, 3.63) is 29.8 Å². The molecule has 1 aromatic rings. The van der Waals surface area contributed by atoms with Crippen molar-refractivity contribution >= 4 is 17.7 Å². The zero-order chi connectivity index (χ0) is 13.4. The summed E-state index contributed by atoms with van der Waals surface area (Å²) in [5, 5.41) is 13.8. The molecule has 0 fully saturated rings. The predicted octanol–water partition coefficient (Wildman–Crippen LogP) is 1.46. The van der Waals surface area contributed by atoms with E-state index in [9.17, 15) is 9.59 Å². The largest absolute Gasteiger partial charge is 0.481 e. The van der Waals surface area contributed by atoms with E-state index in [-0.39, 0.29) is 12.5 Å². The molecule has 5 heteroatoms. The smallest absolute Gasteiger partial charge is 0.319 e. The molecule has 0 saturated carbocycles. The highest BCUT2D eigenvalue weighted by Crippen LogP contribution is 2.09. The minimum atomic E-state index is -0.883. The van der Waals surface area contributed by atoms with E-state index in [4.69, 9.17) is 5.11 Å². The molecule has 0 radical (unpaired) electrons. The van der Waals surface area contributed by atoms with Gasteiger partial charge in [-0.05, 0) is 24.6 Å². The lowest BCUT2D eigenvalue weighted by Gasteiger charge is -2.06. The number of anilines is 1. The first-order valence-electron chi connectivity index (χ1n) is 5.37. The molecule has 0 spiro atoms. The fraction of sp³-hybridized carbons (Fsp3) is 0.231. The van der Waals surface area contributed by atoms with E-state index in [0.29, 0.717) is 17.8 Å². The van der Waals surface area contributed by atoms with Crippen molar-refractivity contribution in [3.8, 4) is 11.8 Å². The van der Waals surface area contributed by atoms with Gasteiger partial charge in [0, 0.05) is 5.69 Å². The number of aliphatic carboxylic acids is 1. The molecule has 0 atom stereocenters. The third kappa shape index (κ3) is 5.03. The number of urea groups is 1. The van der Waals surface area contributed by atoms with Gasteiger partial charge >= 0.3 is 12.0 Å². The van der Waals surface area contributed by atoms with Crippen LogP contribution in [0.5, 0.6) is 0 Å². The Morgan fingerprint density at radius 3 is 2.50 bits per heavy atom. The van der Waals surface area contributed by atoms with E-state index in [1.54, 1.807) is 31.2 Å². The van der Waals surface area contributed by atoms with Gasteiger partial charge < -0.3 is 15.7 Å². The number of hydrogen-bond donors (Lipinski definition) is 3. The number of rotatable bonds is 4. The minimum absolute atomic E-state index is 0.0292. The van der Waals surface area contributed by atoms with Crippen LogP contribution in [-0.2, 0) is 11.2 Å². The number of hydrogen-bond acceptors (Lipinski definition) is 2. The van der Waals surface area contributed by atoms with Gasteiger partial charge in [-0.15, -0.1) is 5.92 Å². The lowest BCUT2D eigenvalue weighted by molar-refractivity contribution is -0.136. The van der Waals surface area contributed by atoms with Crippen LogP contribution in [0.4, 0.5) is 10.5 Å². The molecule has 1 aromatic carbocycles. The Kier molecular flexibility index (Phi) is 5.26. The summed E-state index contributed by atoms with van der Waals surface area (Å²) >= 11 is 0. The number of carboxylic acids is 1. The topological polar surface area (TPSA) is 78.4 Å². The molecule has 0 heterocycles. The summed E-state index contributed by atoms with van der Waals surface area (Å²) in [7, 11) is 0. The normalized spacial score (nSPS) is 8.94. The van der Waals surface area contributed by atoms with E-state index < -0.39 is 5.97 Å². The van der Waals surface area contributed by atoms with Gasteiger partial charge in [0.25, 0.3) is 0 Å². The van der Waals surface area contributed by atoms with Crippen molar-refractivity contribution in [2.24, 2.45) is 0 Å². The van der Waals surface area contributed by atoms with Crippen LogP contribution in [0.25, 0.3) is 0 Å². The fourth-order valence-electron chi connectivity index (χ4n) is 1.27. The van der Waals surface area contributed by atoms with Crippen molar-refractivity contribution in [1.82, 2.24) is 5.32 Å². The van der Waals surface area contributed by atoms with Crippen molar-refractivity contribution in [2.75, 3.05) is 11.9 Å². The summed E-state index contributed by atoms with van der Waals surface area (Å²) in [5.74, 6) is 4.49. The first-order chi connectivity index (χ1) is 8.61. The zero-order valence-electron chi connectivity index (χ0n) is 9.99. The summed E-state index contributed by atoms with van der Waals surface area (Å²) in [6, 6.07) is 6.29. The molecular formula is C13H14N2O3. The third-order valence-corrected chi connectivity index (χ3v) is 2.08. The number of nitrogens with one attached hydrogen (secondary N) is 2. The maximum Gasteiger partial charge on any atom is 0.319 e. The van der Waals surface area contributed by atoms with Gasteiger partial charge in [-0.25, -0.2) is 4.79 Å². The minimum Gasteiger partial charge on any atom is -0.481 e. The molecular weight excluding hydrogens is 232 g/mol. The second kappa shape index (κ2) is 6.97. The van der Waals surface area contributed by atoms with Crippen LogP contribution in [0.2, 0.25) is 0 Å². The summed E-state index contributed by atoms with van der Waals surface area (Å²) in [6.45, 7) is 1.99. The molecule has 0 saturated heterocycles. The van der Waals surface area contributed by atoms with E-state index in [1.807, 2.05) is 0 Å².